The predicted molar refractivity (Wildman–Crippen MR) is 110 cm³/mol. The van der Waals surface area contributed by atoms with E-state index in [1.807, 2.05) is 24.3 Å². The summed E-state index contributed by atoms with van der Waals surface area (Å²) in [5.74, 6) is 1.78. The Labute approximate surface area is 171 Å². The zero-order chi connectivity index (χ0) is 20.3. The minimum atomic E-state index is -0.255. The van der Waals surface area contributed by atoms with Crippen molar-refractivity contribution >= 4 is 12.3 Å². The summed E-state index contributed by atoms with van der Waals surface area (Å²) in [5, 5.41) is 0. The lowest BCUT2D eigenvalue weighted by Gasteiger charge is -2.17. The van der Waals surface area contributed by atoms with E-state index in [1.165, 1.54) is 0 Å². The molecule has 1 aliphatic carbocycles. The van der Waals surface area contributed by atoms with E-state index >= 15 is 0 Å². The molecule has 3 rings (SSSR count). The molecule has 2 aromatic rings. The largest absolute Gasteiger partial charge is 0.494 e. The van der Waals surface area contributed by atoms with Crippen LogP contribution >= 0.6 is 0 Å². The topological polar surface area (TPSA) is 61.8 Å². The van der Waals surface area contributed by atoms with Crippen LogP contribution in [0.3, 0.4) is 0 Å². The molecule has 0 bridgehead atoms. The summed E-state index contributed by atoms with van der Waals surface area (Å²) in [7, 11) is 0. The van der Waals surface area contributed by atoms with Crippen LogP contribution in [0, 0.1) is 12.3 Å². The van der Waals surface area contributed by atoms with Gasteiger partial charge in [-0.15, -0.1) is 0 Å². The van der Waals surface area contributed by atoms with Crippen molar-refractivity contribution in [3.63, 3.8) is 0 Å². The molecule has 0 N–H and O–H groups in total. The average Bonchev–Trinajstić information content (AvgIpc) is 2.73. The van der Waals surface area contributed by atoms with Gasteiger partial charge in [-0.2, -0.15) is 0 Å². The number of hydrogen-bond acceptors (Lipinski definition) is 5. The Bertz CT molecular complexity index is 808. The van der Waals surface area contributed by atoms with Crippen molar-refractivity contribution in [1.82, 2.24) is 0 Å². The molecule has 2 aromatic carbocycles. The summed E-state index contributed by atoms with van der Waals surface area (Å²) in [6, 6.07) is 14.5. The van der Waals surface area contributed by atoms with Crippen LogP contribution in [0.25, 0.3) is 0 Å². The first kappa shape index (κ1) is 20.6. The molecule has 0 fully saturated rings. The smallest absolute Gasteiger partial charge is 0.306 e. The maximum Gasteiger partial charge on any atom is 0.306 e. The monoisotopic (exact) mass is 393 g/mol. The van der Waals surface area contributed by atoms with E-state index < -0.39 is 0 Å². The molecule has 0 aliphatic heterocycles. The van der Waals surface area contributed by atoms with Crippen molar-refractivity contribution in [3.8, 4) is 11.5 Å². The van der Waals surface area contributed by atoms with E-state index in [4.69, 9.17) is 14.2 Å². The van der Waals surface area contributed by atoms with E-state index in [0.29, 0.717) is 43.3 Å². The summed E-state index contributed by atoms with van der Waals surface area (Å²) in [4.78, 5) is 22.5. The van der Waals surface area contributed by atoms with Crippen LogP contribution in [0.2, 0.25) is 0 Å². The second kappa shape index (κ2) is 11.1. The van der Waals surface area contributed by atoms with Crippen molar-refractivity contribution in [2.45, 2.75) is 25.9 Å². The number of benzene rings is 2. The van der Waals surface area contributed by atoms with Crippen molar-refractivity contribution in [2.75, 3.05) is 13.2 Å². The van der Waals surface area contributed by atoms with Gasteiger partial charge in [-0.25, -0.2) is 0 Å². The number of carbonyl (C=O) groups excluding carboxylic acids is 2. The Morgan fingerprint density at radius 2 is 1.59 bits per heavy atom. The average molecular weight is 393 g/mol. The number of allylic oxidation sites excluding steroid dienone is 2. The normalized spacial score (nSPS) is 14.7. The molecule has 1 radical (unpaired) electrons. The van der Waals surface area contributed by atoms with Gasteiger partial charge in [0.2, 0.25) is 0 Å². The lowest BCUT2D eigenvalue weighted by Crippen LogP contribution is -2.09. The van der Waals surface area contributed by atoms with Crippen molar-refractivity contribution < 1.29 is 23.8 Å². The zero-order valence-electron chi connectivity index (χ0n) is 16.3. The van der Waals surface area contributed by atoms with E-state index in [9.17, 15) is 9.59 Å². The fourth-order valence-electron chi connectivity index (χ4n) is 2.74. The van der Waals surface area contributed by atoms with Gasteiger partial charge in [0.1, 0.15) is 24.4 Å². The van der Waals surface area contributed by atoms with Crippen LogP contribution in [0.1, 0.15) is 35.2 Å². The van der Waals surface area contributed by atoms with Gasteiger partial charge in [0, 0.05) is 12.0 Å². The molecular formula is C24H25O5. The highest BCUT2D eigenvalue weighted by molar-refractivity contribution is 5.74. The van der Waals surface area contributed by atoms with E-state index in [2.05, 4.69) is 18.6 Å². The van der Waals surface area contributed by atoms with Gasteiger partial charge >= 0.3 is 5.97 Å². The van der Waals surface area contributed by atoms with Gasteiger partial charge < -0.3 is 14.2 Å². The summed E-state index contributed by atoms with van der Waals surface area (Å²) in [6.45, 7) is 1.34. The Morgan fingerprint density at radius 1 is 0.931 bits per heavy atom. The third-order valence-corrected chi connectivity index (χ3v) is 4.57. The molecule has 5 nitrogen and oxygen atoms in total. The molecule has 151 valence electrons. The summed E-state index contributed by atoms with van der Waals surface area (Å²) in [6.07, 6.45) is 9.02. The maximum atomic E-state index is 11.9. The maximum absolute atomic E-state index is 11.9. The summed E-state index contributed by atoms with van der Waals surface area (Å²) in [5.41, 5.74) is 1.53. The highest BCUT2D eigenvalue weighted by Crippen LogP contribution is 2.20. The number of aldehydes is 1. The molecule has 1 unspecified atom stereocenters. The Hall–Kier alpha value is -3.08. The van der Waals surface area contributed by atoms with E-state index in [0.717, 1.165) is 24.0 Å². The highest BCUT2D eigenvalue weighted by Gasteiger charge is 2.10. The van der Waals surface area contributed by atoms with Crippen LogP contribution in [0.15, 0.2) is 60.7 Å². The molecule has 0 spiro atoms. The van der Waals surface area contributed by atoms with Crippen molar-refractivity contribution in [3.05, 3.63) is 78.2 Å². The SMILES string of the molecule is O=Cc1ccc(OCCCC(=O)OCc2ccc(OCCC3[CH]C=C3)cc2)cc1. The number of hydrogen-bond donors (Lipinski definition) is 0. The zero-order valence-corrected chi connectivity index (χ0v) is 16.3. The van der Waals surface area contributed by atoms with Crippen LogP contribution in [0.4, 0.5) is 0 Å². The van der Waals surface area contributed by atoms with Gasteiger partial charge in [-0.3, -0.25) is 9.59 Å². The Balaban J connectivity index is 1.27. The second-order valence-corrected chi connectivity index (χ2v) is 6.82. The van der Waals surface area contributed by atoms with Gasteiger partial charge in [0.25, 0.3) is 0 Å². The molecule has 0 aromatic heterocycles. The van der Waals surface area contributed by atoms with E-state index in [-0.39, 0.29) is 12.6 Å². The van der Waals surface area contributed by atoms with E-state index in [1.54, 1.807) is 24.3 Å². The third kappa shape index (κ3) is 7.11. The van der Waals surface area contributed by atoms with Crippen LogP contribution in [0.5, 0.6) is 11.5 Å². The van der Waals surface area contributed by atoms with Gasteiger partial charge in [0.15, 0.2) is 0 Å². The first-order valence-corrected chi connectivity index (χ1v) is 9.80. The summed E-state index contributed by atoms with van der Waals surface area (Å²) < 4.78 is 16.6. The van der Waals surface area contributed by atoms with Gasteiger partial charge in [-0.1, -0.05) is 24.3 Å². The number of ether oxygens (including phenoxy) is 3. The molecule has 5 heteroatoms. The molecule has 1 aliphatic rings. The number of esters is 1. The first-order valence-electron chi connectivity index (χ1n) is 9.80. The quantitative estimate of drug-likeness (QED) is 0.300. The minimum Gasteiger partial charge on any atom is -0.494 e. The first-order chi connectivity index (χ1) is 14.2. The molecule has 0 amide bonds. The molecule has 0 saturated heterocycles. The lowest BCUT2D eigenvalue weighted by molar-refractivity contribution is -0.145. The summed E-state index contributed by atoms with van der Waals surface area (Å²) >= 11 is 0. The number of carbonyl (C=O) groups is 2. The van der Waals surface area contributed by atoms with Gasteiger partial charge in [0.05, 0.1) is 13.2 Å². The highest BCUT2D eigenvalue weighted by atomic mass is 16.5. The predicted octanol–water partition coefficient (Wildman–Crippen LogP) is 4.56. The second-order valence-electron chi connectivity index (χ2n) is 6.82. The molecule has 29 heavy (non-hydrogen) atoms. The van der Waals surface area contributed by atoms with Crippen molar-refractivity contribution in [2.24, 2.45) is 5.92 Å². The minimum absolute atomic E-state index is 0.245. The fourth-order valence-corrected chi connectivity index (χ4v) is 2.74. The molecule has 1 atom stereocenters. The van der Waals surface area contributed by atoms with Crippen LogP contribution in [-0.2, 0) is 16.1 Å². The molecular weight excluding hydrogens is 368 g/mol. The standard InChI is InChI=1S/C24H25O5/c25-17-20-6-10-22(11-7-20)27-15-2-5-24(26)29-18-21-8-12-23(13-9-21)28-16-14-19-3-1-4-19/h1,3-4,6-13,17,19H,2,5,14-16,18H2. The lowest BCUT2D eigenvalue weighted by atomic mass is 9.92. The third-order valence-electron chi connectivity index (χ3n) is 4.57. The van der Waals surface area contributed by atoms with Gasteiger partial charge in [-0.05, 0) is 67.1 Å². The van der Waals surface area contributed by atoms with Crippen LogP contribution < -0.4 is 9.47 Å². The van der Waals surface area contributed by atoms with Crippen LogP contribution in [-0.4, -0.2) is 25.5 Å². The molecule has 0 saturated carbocycles. The Kier molecular flexibility index (Phi) is 7.87. The number of rotatable bonds is 12. The van der Waals surface area contributed by atoms with Crippen molar-refractivity contribution in [1.29, 1.82) is 0 Å². The Morgan fingerprint density at radius 3 is 2.21 bits per heavy atom. The molecule has 0 heterocycles. The fraction of sp³-hybridized carbons (Fsp3) is 0.292.